The lowest BCUT2D eigenvalue weighted by Crippen LogP contribution is -1.96. The molecule has 0 unspecified atom stereocenters. The van der Waals surface area contributed by atoms with E-state index in [2.05, 4.69) is 15.3 Å². The fourth-order valence-corrected chi connectivity index (χ4v) is 2.52. The molecule has 114 valence electrons. The fourth-order valence-electron chi connectivity index (χ4n) is 2.52. The molecule has 4 aromatic rings. The van der Waals surface area contributed by atoms with Crippen molar-refractivity contribution in [3.05, 3.63) is 49.0 Å². The standard InChI is InChI=1S/C17H13N3O3/c1-22-16-7-12-13(8-14(16)21)18-9-19-17(12)20-11-2-3-15-10(6-11)4-5-23-15/h2-9,21H,1H3,(H,18,19,20). The number of aromatic hydroxyl groups is 1. The Hall–Kier alpha value is -3.28. The van der Waals surface area contributed by atoms with Crippen LogP contribution in [0.25, 0.3) is 21.9 Å². The van der Waals surface area contributed by atoms with Crippen LogP contribution in [0, 0.1) is 0 Å². The van der Waals surface area contributed by atoms with Crippen LogP contribution in [0.3, 0.4) is 0 Å². The molecule has 0 spiro atoms. The van der Waals surface area contributed by atoms with E-state index >= 15 is 0 Å². The second-order valence-electron chi connectivity index (χ2n) is 5.06. The van der Waals surface area contributed by atoms with Crippen LogP contribution in [0.4, 0.5) is 11.5 Å². The largest absolute Gasteiger partial charge is 0.504 e. The maximum atomic E-state index is 9.87. The topological polar surface area (TPSA) is 80.4 Å². The molecule has 2 aromatic heterocycles. The minimum Gasteiger partial charge on any atom is -0.504 e. The Morgan fingerprint density at radius 3 is 2.91 bits per heavy atom. The molecule has 0 amide bonds. The average molecular weight is 307 g/mol. The molecule has 0 fully saturated rings. The molecule has 0 saturated heterocycles. The lowest BCUT2D eigenvalue weighted by atomic mass is 10.2. The average Bonchev–Trinajstić information content (AvgIpc) is 3.02. The van der Waals surface area contributed by atoms with Crippen LogP contribution >= 0.6 is 0 Å². The summed E-state index contributed by atoms with van der Waals surface area (Å²) in [6.45, 7) is 0. The number of benzene rings is 2. The van der Waals surface area contributed by atoms with Crippen molar-refractivity contribution in [3.8, 4) is 11.5 Å². The zero-order valence-corrected chi connectivity index (χ0v) is 12.3. The number of phenolic OH excluding ortho intramolecular Hbond substituents is 1. The predicted octanol–water partition coefficient (Wildman–Crippen LogP) is 3.83. The van der Waals surface area contributed by atoms with Crippen LogP contribution in [-0.2, 0) is 0 Å². The van der Waals surface area contributed by atoms with Gasteiger partial charge in [-0.1, -0.05) is 0 Å². The van der Waals surface area contributed by atoms with Crippen LogP contribution < -0.4 is 10.1 Å². The first-order chi connectivity index (χ1) is 11.2. The molecule has 0 aliphatic heterocycles. The van der Waals surface area contributed by atoms with Gasteiger partial charge in [-0.25, -0.2) is 9.97 Å². The number of ether oxygens (including phenoxy) is 1. The summed E-state index contributed by atoms with van der Waals surface area (Å²) in [4.78, 5) is 8.47. The van der Waals surface area contributed by atoms with Gasteiger partial charge in [-0.05, 0) is 30.3 Å². The van der Waals surface area contributed by atoms with E-state index in [1.807, 2.05) is 24.3 Å². The molecule has 0 atom stereocenters. The third kappa shape index (κ3) is 2.30. The maximum Gasteiger partial charge on any atom is 0.161 e. The first-order valence-corrected chi connectivity index (χ1v) is 7.00. The Kier molecular flexibility index (Phi) is 3.01. The van der Waals surface area contributed by atoms with E-state index in [-0.39, 0.29) is 5.75 Å². The first kappa shape index (κ1) is 13.4. The van der Waals surface area contributed by atoms with Crippen LogP contribution in [0.2, 0.25) is 0 Å². The Morgan fingerprint density at radius 2 is 2.04 bits per heavy atom. The number of hydrogen-bond donors (Lipinski definition) is 2. The van der Waals surface area contributed by atoms with Crippen molar-refractivity contribution in [3.63, 3.8) is 0 Å². The van der Waals surface area contributed by atoms with Gasteiger partial charge in [-0.15, -0.1) is 0 Å². The van der Waals surface area contributed by atoms with Crippen molar-refractivity contribution in [1.82, 2.24) is 9.97 Å². The quantitative estimate of drug-likeness (QED) is 0.598. The molecular weight excluding hydrogens is 294 g/mol. The second-order valence-corrected chi connectivity index (χ2v) is 5.06. The zero-order valence-electron chi connectivity index (χ0n) is 12.3. The third-order valence-corrected chi connectivity index (χ3v) is 3.65. The van der Waals surface area contributed by atoms with E-state index in [1.54, 1.807) is 18.4 Å². The number of methoxy groups -OCH3 is 1. The summed E-state index contributed by atoms with van der Waals surface area (Å²) in [5.41, 5.74) is 2.34. The Balaban J connectivity index is 1.81. The van der Waals surface area contributed by atoms with E-state index in [0.29, 0.717) is 17.1 Å². The molecule has 23 heavy (non-hydrogen) atoms. The van der Waals surface area contributed by atoms with Crippen LogP contribution in [0.5, 0.6) is 11.5 Å². The van der Waals surface area contributed by atoms with Gasteiger partial charge in [0.05, 0.1) is 18.9 Å². The number of aromatic nitrogens is 2. The molecule has 0 bridgehead atoms. The van der Waals surface area contributed by atoms with Gasteiger partial charge in [-0.2, -0.15) is 0 Å². The number of anilines is 2. The number of nitrogens with one attached hydrogen (secondary N) is 1. The van der Waals surface area contributed by atoms with Gasteiger partial charge in [0.1, 0.15) is 17.7 Å². The summed E-state index contributed by atoms with van der Waals surface area (Å²) in [7, 11) is 1.50. The summed E-state index contributed by atoms with van der Waals surface area (Å²) in [6, 6.07) is 11.0. The van der Waals surface area contributed by atoms with Crippen molar-refractivity contribution >= 4 is 33.4 Å². The number of fused-ring (bicyclic) bond motifs is 2. The highest BCUT2D eigenvalue weighted by Crippen LogP contribution is 2.33. The molecule has 2 heterocycles. The number of nitrogens with zero attached hydrogens (tertiary/aromatic N) is 2. The predicted molar refractivity (Wildman–Crippen MR) is 87.3 cm³/mol. The first-order valence-electron chi connectivity index (χ1n) is 7.00. The molecule has 6 nitrogen and oxygen atoms in total. The van der Waals surface area contributed by atoms with Gasteiger partial charge in [0.2, 0.25) is 0 Å². The second kappa shape index (κ2) is 5.17. The molecule has 0 saturated carbocycles. The van der Waals surface area contributed by atoms with E-state index in [1.165, 1.54) is 13.4 Å². The highest BCUT2D eigenvalue weighted by atomic mass is 16.5. The molecule has 2 N–H and O–H groups in total. The van der Waals surface area contributed by atoms with Crippen molar-refractivity contribution in [2.24, 2.45) is 0 Å². The maximum absolute atomic E-state index is 9.87. The number of phenols is 1. The number of furan rings is 1. The van der Waals surface area contributed by atoms with Crippen LogP contribution in [0.15, 0.2) is 53.4 Å². The Bertz CT molecular complexity index is 1010. The van der Waals surface area contributed by atoms with Crippen molar-refractivity contribution < 1.29 is 14.3 Å². The molecule has 2 aromatic carbocycles. The van der Waals surface area contributed by atoms with Gasteiger partial charge < -0.3 is 19.6 Å². The monoisotopic (exact) mass is 307 g/mol. The third-order valence-electron chi connectivity index (χ3n) is 3.65. The van der Waals surface area contributed by atoms with Crippen molar-refractivity contribution in [1.29, 1.82) is 0 Å². The summed E-state index contributed by atoms with van der Waals surface area (Å²) < 4.78 is 10.5. The molecule has 6 heteroatoms. The van der Waals surface area contributed by atoms with Crippen molar-refractivity contribution in [2.75, 3.05) is 12.4 Å². The lowest BCUT2D eigenvalue weighted by Gasteiger charge is -2.10. The van der Waals surface area contributed by atoms with E-state index in [4.69, 9.17) is 9.15 Å². The SMILES string of the molecule is COc1cc2c(Nc3ccc4occc4c3)ncnc2cc1O. The lowest BCUT2D eigenvalue weighted by molar-refractivity contribution is 0.374. The Morgan fingerprint density at radius 1 is 1.13 bits per heavy atom. The van der Waals surface area contributed by atoms with Gasteiger partial charge in [0.15, 0.2) is 11.5 Å². The highest BCUT2D eigenvalue weighted by Gasteiger charge is 2.10. The number of hydrogen-bond acceptors (Lipinski definition) is 6. The van der Waals surface area contributed by atoms with E-state index in [0.717, 1.165) is 22.0 Å². The van der Waals surface area contributed by atoms with Crippen LogP contribution in [0.1, 0.15) is 0 Å². The Labute approximate surface area is 131 Å². The summed E-state index contributed by atoms with van der Waals surface area (Å²) in [5, 5.41) is 14.9. The minimum atomic E-state index is 0.0458. The zero-order chi connectivity index (χ0) is 15.8. The van der Waals surface area contributed by atoms with Gasteiger partial charge in [0.25, 0.3) is 0 Å². The molecule has 0 aliphatic carbocycles. The van der Waals surface area contributed by atoms with Gasteiger partial charge >= 0.3 is 0 Å². The number of rotatable bonds is 3. The molecule has 4 rings (SSSR count). The highest BCUT2D eigenvalue weighted by molar-refractivity contribution is 5.93. The minimum absolute atomic E-state index is 0.0458. The van der Waals surface area contributed by atoms with Gasteiger partial charge in [-0.3, -0.25) is 0 Å². The fraction of sp³-hybridized carbons (Fsp3) is 0.0588. The normalized spacial score (nSPS) is 11.0. The van der Waals surface area contributed by atoms with Crippen molar-refractivity contribution in [2.45, 2.75) is 0 Å². The summed E-state index contributed by atoms with van der Waals surface area (Å²) in [6.07, 6.45) is 3.11. The molecule has 0 aliphatic rings. The van der Waals surface area contributed by atoms with Gasteiger partial charge in [0, 0.05) is 22.5 Å². The van der Waals surface area contributed by atoms with E-state index in [9.17, 15) is 5.11 Å². The summed E-state index contributed by atoms with van der Waals surface area (Å²) >= 11 is 0. The molecule has 0 radical (unpaired) electrons. The van der Waals surface area contributed by atoms with Crippen LogP contribution in [-0.4, -0.2) is 22.2 Å². The summed E-state index contributed by atoms with van der Waals surface area (Å²) in [5.74, 6) is 1.06. The van der Waals surface area contributed by atoms with E-state index < -0.39 is 0 Å². The smallest absolute Gasteiger partial charge is 0.161 e. The molecular formula is C17H13N3O3.